The van der Waals surface area contributed by atoms with Crippen molar-refractivity contribution in [3.05, 3.63) is 41.1 Å². The lowest BCUT2D eigenvalue weighted by molar-refractivity contribution is 0.750. The van der Waals surface area contributed by atoms with Crippen LogP contribution in [0.25, 0.3) is 5.70 Å². The minimum atomic E-state index is 0.0407. The zero-order chi connectivity index (χ0) is 9.97. The van der Waals surface area contributed by atoms with E-state index in [4.69, 9.17) is 23.8 Å². The Balaban J connectivity index is 2.21. The van der Waals surface area contributed by atoms with Crippen LogP contribution < -0.4 is 10.6 Å². The Labute approximate surface area is 93.0 Å². The summed E-state index contributed by atoms with van der Waals surface area (Å²) >= 11 is 10.7. The second-order valence-electron chi connectivity index (χ2n) is 2.99. The molecule has 0 saturated heterocycles. The van der Waals surface area contributed by atoms with Crippen LogP contribution >= 0.6 is 23.8 Å². The van der Waals surface area contributed by atoms with Crippen LogP contribution in [0.3, 0.4) is 0 Å². The van der Waals surface area contributed by atoms with E-state index in [0.29, 0.717) is 0 Å². The summed E-state index contributed by atoms with van der Waals surface area (Å²) in [5, 5.41) is 8.69. The fourth-order valence-electron chi connectivity index (χ4n) is 1.32. The molecule has 0 radical (unpaired) electrons. The molecule has 1 heterocycles. The van der Waals surface area contributed by atoms with Gasteiger partial charge in [0.1, 0.15) is 6.17 Å². The second kappa shape index (κ2) is 3.98. The summed E-state index contributed by atoms with van der Waals surface area (Å²) in [6.07, 6.45) is 1.94. The van der Waals surface area contributed by atoms with Crippen molar-refractivity contribution in [1.82, 2.24) is 10.6 Å². The van der Waals surface area contributed by atoms with E-state index in [2.05, 4.69) is 10.6 Å². The molecule has 0 amide bonds. The Bertz CT molecular complexity index is 389. The van der Waals surface area contributed by atoms with Gasteiger partial charge in [-0.3, -0.25) is 0 Å². The molecule has 0 fully saturated rings. The molecule has 0 spiro atoms. The van der Waals surface area contributed by atoms with Gasteiger partial charge < -0.3 is 10.6 Å². The molecule has 1 aliphatic rings. The van der Waals surface area contributed by atoms with E-state index >= 15 is 0 Å². The summed E-state index contributed by atoms with van der Waals surface area (Å²) in [5.74, 6) is 0. The first-order valence-corrected chi connectivity index (χ1v) is 5.08. The third-order valence-electron chi connectivity index (χ3n) is 1.99. The van der Waals surface area contributed by atoms with Crippen LogP contribution in [0.15, 0.2) is 30.5 Å². The zero-order valence-corrected chi connectivity index (χ0v) is 8.90. The summed E-state index contributed by atoms with van der Waals surface area (Å²) < 4.78 is 0. The molecule has 1 aliphatic heterocycles. The number of halogens is 1. The minimum Gasteiger partial charge on any atom is -0.366 e. The number of nitrogens with one attached hydrogen (secondary N) is 2. The Kier molecular flexibility index (Phi) is 2.70. The fourth-order valence-corrected chi connectivity index (χ4v) is 1.66. The van der Waals surface area contributed by atoms with Crippen LogP contribution in [0.1, 0.15) is 5.56 Å². The normalized spacial score (nSPS) is 19.5. The van der Waals surface area contributed by atoms with Crippen LogP contribution in [0.2, 0.25) is 5.02 Å². The van der Waals surface area contributed by atoms with E-state index < -0.39 is 0 Å². The molecule has 2 N–H and O–H groups in total. The summed E-state index contributed by atoms with van der Waals surface area (Å²) in [5.41, 5.74) is 2.07. The standard InChI is InChI=1S/C10H9ClN2S/c11-8-3-1-2-7(4-8)9-5-12-10(6-14)13-9/h1-6,10,12-13H. The molecular weight excluding hydrogens is 216 g/mol. The van der Waals surface area contributed by atoms with Crippen LogP contribution in [0, 0.1) is 0 Å². The molecule has 0 bridgehead atoms. The second-order valence-corrected chi connectivity index (χ2v) is 3.70. The molecule has 2 rings (SSSR count). The highest BCUT2D eigenvalue weighted by Gasteiger charge is 2.13. The van der Waals surface area contributed by atoms with Gasteiger partial charge in [0.25, 0.3) is 0 Å². The number of benzene rings is 1. The average molecular weight is 225 g/mol. The number of thiocarbonyl (C=S) groups is 1. The Morgan fingerprint density at radius 2 is 2.29 bits per heavy atom. The molecular formula is C10H9ClN2S. The quantitative estimate of drug-likeness (QED) is 0.753. The molecule has 2 nitrogen and oxygen atoms in total. The van der Waals surface area contributed by atoms with Gasteiger partial charge in [-0.25, -0.2) is 0 Å². The third kappa shape index (κ3) is 1.89. The molecule has 0 aliphatic carbocycles. The van der Waals surface area contributed by atoms with Gasteiger partial charge in [-0.05, 0) is 12.1 Å². The van der Waals surface area contributed by atoms with Crippen molar-refractivity contribution in [2.75, 3.05) is 0 Å². The topological polar surface area (TPSA) is 24.1 Å². The highest BCUT2D eigenvalue weighted by Crippen LogP contribution is 2.18. The van der Waals surface area contributed by atoms with Crippen LogP contribution in [0.4, 0.5) is 0 Å². The monoisotopic (exact) mass is 224 g/mol. The molecule has 14 heavy (non-hydrogen) atoms. The predicted molar refractivity (Wildman–Crippen MR) is 63.1 cm³/mol. The maximum atomic E-state index is 5.89. The maximum absolute atomic E-state index is 5.89. The average Bonchev–Trinajstić information content (AvgIpc) is 2.66. The Morgan fingerprint density at radius 1 is 1.43 bits per heavy atom. The van der Waals surface area contributed by atoms with Gasteiger partial charge in [0.15, 0.2) is 0 Å². The van der Waals surface area contributed by atoms with Crippen molar-refractivity contribution in [3.8, 4) is 0 Å². The van der Waals surface area contributed by atoms with E-state index in [1.807, 2.05) is 30.5 Å². The molecule has 1 aromatic rings. The highest BCUT2D eigenvalue weighted by molar-refractivity contribution is 7.79. The van der Waals surface area contributed by atoms with Crippen molar-refractivity contribution in [2.45, 2.75) is 6.17 Å². The highest BCUT2D eigenvalue weighted by atomic mass is 35.5. The SMILES string of the molecule is S=CC1NC=C(c2cccc(Cl)c2)N1. The third-order valence-corrected chi connectivity index (χ3v) is 2.50. The molecule has 0 saturated carbocycles. The molecule has 4 heteroatoms. The van der Waals surface area contributed by atoms with E-state index in [-0.39, 0.29) is 6.17 Å². The van der Waals surface area contributed by atoms with E-state index in [1.54, 1.807) is 5.37 Å². The maximum Gasteiger partial charge on any atom is 0.126 e. The number of hydrogen-bond donors (Lipinski definition) is 2. The number of hydrogen-bond acceptors (Lipinski definition) is 3. The lowest BCUT2D eigenvalue weighted by atomic mass is 10.2. The predicted octanol–water partition coefficient (Wildman–Crippen LogP) is 2.16. The first kappa shape index (κ1) is 9.49. The zero-order valence-electron chi connectivity index (χ0n) is 7.33. The van der Waals surface area contributed by atoms with Gasteiger partial charge in [-0.15, -0.1) is 0 Å². The van der Waals surface area contributed by atoms with Gasteiger partial charge >= 0.3 is 0 Å². The Morgan fingerprint density at radius 3 is 2.93 bits per heavy atom. The fraction of sp³-hybridized carbons (Fsp3) is 0.100. The Hall–Kier alpha value is -1.06. The van der Waals surface area contributed by atoms with Gasteiger partial charge in [0.05, 0.1) is 5.70 Å². The van der Waals surface area contributed by atoms with E-state index in [0.717, 1.165) is 16.3 Å². The summed E-state index contributed by atoms with van der Waals surface area (Å²) in [7, 11) is 0. The van der Waals surface area contributed by atoms with Gasteiger partial charge in [-0.1, -0.05) is 36.0 Å². The minimum absolute atomic E-state index is 0.0407. The smallest absolute Gasteiger partial charge is 0.126 e. The lowest BCUT2D eigenvalue weighted by Gasteiger charge is -2.08. The lowest BCUT2D eigenvalue weighted by Crippen LogP contribution is -2.32. The van der Waals surface area contributed by atoms with Crippen molar-refractivity contribution in [3.63, 3.8) is 0 Å². The molecule has 72 valence electrons. The van der Waals surface area contributed by atoms with E-state index in [1.165, 1.54) is 0 Å². The van der Waals surface area contributed by atoms with Crippen LogP contribution in [-0.4, -0.2) is 11.5 Å². The first-order valence-electron chi connectivity index (χ1n) is 4.23. The van der Waals surface area contributed by atoms with Crippen LogP contribution in [0.5, 0.6) is 0 Å². The van der Waals surface area contributed by atoms with Crippen molar-refractivity contribution < 1.29 is 0 Å². The van der Waals surface area contributed by atoms with Crippen molar-refractivity contribution in [2.24, 2.45) is 0 Å². The van der Waals surface area contributed by atoms with Crippen LogP contribution in [-0.2, 0) is 0 Å². The molecule has 1 unspecified atom stereocenters. The summed E-state index contributed by atoms with van der Waals surface area (Å²) in [4.78, 5) is 0. The molecule has 1 atom stereocenters. The van der Waals surface area contributed by atoms with Crippen molar-refractivity contribution >= 4 is 34.9 Å². The van der Waals surface area contributed by atoms with Gasteiger partial charge in [0.2, 0.25) is 0 Å². The first-order chi connectivity index (χ1) is 6.79. The summed E-state index contributed by atoms with van der Waals surface area (Å²) in [6.45, 7) is 0. The van der Waals surface area contributed by atoms with Gasteiger partial charge in [-0.2, -0.15) is 0 Å². The summed E-state index contributed by atoms with van der Waals surface area (Å²) in [6, 6.07) is 7.68. The number of rotatable bonds is 2. The largest absolute Gasteiger partial charge is 0.366 e. The van der Waals surface area contributed by atoms with Crippen molar-refractivity contribution in [1.29, 1.82) is 0 Å². The van der Waals surface area contributed by atoms with Gasteiger partial charge in [0, 0.05) is 22.2 Å². The molecule has 1 aromatic carbocycles. The van der Waals surface area contributed by atoms with E-state index in [9.17, 15) is 0 Å². The molecule has 0 aromatic heterocycles.